The number of ether oxygens (including phenoxy) is 1. The van der Waals surface area contributed by atoms with E-state index in [0.717, 1.165) is 5.69 Å². The Hall–Kier alpha value is -4.30. The van der Waals surface area contributed by atoms with Crippen LogP contribution in [0.25, 0.3) is 4.85 Å². The van der Waals surface area contributed by atoms with Gasteiger partial charge in [-0.2, -0.15) is 0 Å². The lowest BCUT2D eigenvalue weighted by molar-refractivity contribution is 0.239. The Morgan fingerprint density at radius 2 is 1.94 bits per heavy atom. The molecule has 0 saturated heterocycles. The zero-order valence-electron chi connectivity index (χ0n) is 18.1. The molecule has 0 atom stereocenters. The van der Waals surface area contributed by atoms with Gasteiger partial charge in [0, 0.05) is 42.6 Å². The van der Waals surface area contributed by atoms with Gasteiger partial charge in [0.1, 0.15) is 11.6 Å². The number of pyridine rings is 1. The Balaban J connectivity index is 1.40. The normalized spacial score (nSPS) is 10.1. The van der Waals surface area contributed by atoms with Crippen molar-refractivity contribution in [1.82, 2.24) is 25.6 Å². The average molecular weight is 483 g/mol. The van der Waals surface area contributed by atoms with Crippen molar-refractivity contribution in [2.45, 2.75) is 12.8 Å². The summed E-state index contributed by atoms with van der Waals surface area (Å²) in [6.45, 7) is 8.15. The fourth-order valence-corrected chi connectivity index (χ4v) is 2.94. The number of benzene rings is 1. The maximum absolute atomic E-state index is 12.3. The van der Waals surface area contributed by atoms with Crippen LogP contribution in [0.3, 0.4) is 0 Å². The van der Waals surface area contributed by atoms with Crippen molar-refractivity contribution in [1.29, 1.82) is 0 Å². The molecule has 0 fully saturated rings. The smallest absolute Gasteiger partial charge is 0.324 e. The van der Waals surface area contributed by atoms with Crippen molar-refractivity contribution < 1.29 is 14.3 Å². The molecule has 4 amide bonds. The van der Waals surface area contributed by atoms with Crippen LogP contribution < -0.4 is 26.0 Å². The zero-order chi connectivity index (χ0) is 24.2. The molecule has 2 heterocycles. The molecule has 176 valence electrons. The molecule has 3 rings (SSSR count). The lowest BCUT2D eigenvalue weighted by Crippen LogP contribution is -2.37. The summed E-state index contributed by atoms with van der Waals surface area (Å²) < 4.78 is 5.75. The minimum absolute atomic E-state index is 0.261. The Morgan fingerprint density at radius 1 is 1.09 bits per heavy atom. The van der Waals surface area contributed by atoms with Gasteiger partial charge in [-0.3, -0.25) is 10.3 Å². The van der Waals surface area contributed by atoms with Crippen LogP contribution in [0, 0.1) is 6.57 Å². The molecule has 1 aromatic carbocycles. The van der Waals surface area contributed by atoms with E-state index in [1.54, 1.807) is 36.8 Å². The highest BCUT2D eigenvalue weighted by Crippen LogP contribution is 2.28. The quantitative estimate of drug-likeness (QED) is 0.220. The van der Waals surface area contributed by atoms with Crippen molar-refractivity contribution in [2.75, 3.05) is 30.3 Å². The van der Waals surface area contributed by atoms with Gasteiger partial charge in [0.2, 0.25) is 5.69 Å². The molecular weight excluding hydrogens is 460 g/mol. The predicted octanol–water partition coefficient (Wildman–Crippen LogP) is 3.96. The second kappa shape index (κ2) is 12.7. The average Bonchev–Trinajstić information content (AvgIpc) is 3.34. The molecule has 0 radical (unpaired) electrons. The van der Waals surface area contributed by atoms with Crippen molar-refractivity contribution in [3.8, 4) is 5.75 Å². The van der Waals surface area contributed by atoms with Gasteiger partial charge in [-0.25, -0.2) is 19.4 Å². The summed E-state index contributed by atoms with van der Waals surface area (Å²) in [7, 11) is 0. The van der Waals surface area contributed by atoms with Crippen molar-refractivity contribution in [2.24, 2.45) is 0 Å². The number of anilines is 2. The fraction of sp³-hybridized carbons (Fsp3) is 0.227. The molecule has 0 aliphatic carbocycles. The Bertz CT molecular complexity index is 1130. The molecule has 3 aromatic rings. The number of hydrogen-bond donors (Lipinski definition) is 5. The van der Waals surface area contributed by atoms with Crippen LogP contribution in [0.1, 0.15) is 12.1 Å². The lowest BCUT2D eigenvalue weighted by Gasteiger charge is -2.14. The number of carbonyl (C=O) groups excluding carboxylic acids is 2. The molecule has 11 nitrogen and oxygen atoms in total. The van der Waals surface area contributed by atoms with Gasteiger partial charge in [0.05, 0.1) is 25.2 Å². The molecule has 34 heavy (non-hydrogen) atoms. The topological polar surface area (TPSA) is 137 Å². The van der Waals surface area contributed by atoms with E-state index in [1.807, 2.05) is 0 Å². The van der Waals surface area contributed by atoms with Crippen LogP contribution in [0.5, 0.6) is 5.75 Å². The van der Waals surface area contributed by atoms with E-state index >= 15 is 0 Å². The predicted molar refractivity (Wildman–Crippen MR) is 128 cm³/mol. The number of nitrogens with one attached hydrogen (secondary N) is 5. The van der Waals surface area contributed by atoms with Crippen molar-refractivity contribution in [3.05, 3.63) is 71.2 Å². The second-order valence-corrected chi connectivity index (χ2v) is 7.38. The number of hydrogen-bond acceptors (Lipinski definition) is 5. The summed E-state index contributed by atoms with van der Waals surface area (Å²) in [4.78, 5) is 38.3. The SMILES string of the molecule is [C-]#[N+]c1ccc(NC(=O)Nc2cc(Cl)ccc2OCCCNC(=O)NCCc2cnc[nH]2)nc1. The number of aromatic amines is 1. The van der Waals surface area contributed by atoms with Crippen LogP contribution in [-0.2, 0) is 6.42 Å². The van der Waals surface area contributed by atoms with Gasteiger partial charge in [-0.1, -0.05) is 17.7 Å². The van der Waals surface area contributed by atoms with E-state index in [1.165, 1.54) is 12.3 Å². The third kappa shape index (κ3) is 7.99. The lowest BCUT2D eigenvalue weighted by atomic mass is 10.3. The summed E-state index contributed by atoms with van der Waals surface area (Å²) in [6, 6.07) is 7.15. The molecule has 0 unspecified atom stereocenters. The van der Waals surface area contributed by atoms with Gasteiger partial charge in [-0.15, -0.1) is 0 Å². The minimum Gasteiger partial charge on any atom is -0.491 e. The maximum atomic E-state index is 12.3. The van der Waals surface area contributed by atoms with Gasteiger partial charge >= 0.3 is 12.1 Å². The molecule has 12 heteroatoms. The van der Waals surface area contributed by atoms with Gasteiger partial charge in [-0.05, 0) is 30.7 Å². The highest BCUT2D eigenvalue weighted by atomic mass is 35.5. The number of imidazole rings is 1. The summed E-state index contributed by atoms with van der Waals surface area (Å²) in [5, 5.41) is 11.2. The standard InChI is InChI=1S/C22H23ClN8O3/c1-24-16-4-6-20(28-13-16)31-22(33)30-18-11-15(23)3-5-19(18)34-10-2-8-26-21(32)27-9-7-17-12-25-14-29-17/h3-6,11-14H,2,7-10H2,(H,25,29)(H2,26,27,32)(H2,28,30,31,33). The summed E-state index contributed by atoms with van der Waals surface area (Å²) in [5.41, 5.74) is 1.70. The summed E-state index contributed by atoms with van der Waals surface area (Å²) in [6.07, 6.45) is 5.89. The summed E-state index contributed by atoms with van der Waals surface area (Å²) >= 11 is 6.06. The molecule has 0 spiro atoms. The molecule has 2 aromatic heterocycles. The number of nitrogens with zero attached hydrogens (tertiary/aromatic N) is 3. The third-order valence-corrected chi connectivity index (χ3v) is 4.64. The summed E-state index contributed by atoms with van der Waals surface area (Å²) in [5.74, 6) is 0.725. The number of urea groups is 2. The van der Waals surface area contributed by atoms with Crippen LogP contribution in [0.2, 0.25) is 5.02 Å². The first kappa shape index (κ1) is 24.3. The van der Waals surface area contributed by atoms with E-state index in [-0.39, 0.29) is 6.03 Å². The van der Waals surface area contributed by atoms with E-state index < -0.39 is 6.03 Å². The van der Waals surface area contributed by atoms with Crippen LogP contribution in [-0.4, -0.2) is 46.7 Å². The van der Waals surface area contributed by atoms with Gasteiger partial charge in [0.15, 0.2) is 0 Å². The fourth-order valence-electron chi connectivity index (χ4n) is 2.77. The van der Waals surface area contributed by atoms with Crippen molar-refractivity contribution in [3.63, 3.8) is 0 Å². The Kier molecular flexibility index (Phi) is 9.07. The molecule has 0 aliphatic rings. The molecule has 0 aliphatic heterocycles. The zero-order valence-corrected chi connectivity index (χ0v) is 18.9. The minimum atomic E-state index is -0.538. The highest BCUT2D eigenvalue weighted by Gasteiger charge is 2.10. The van der Waals surface area contributed by atoms with E-state index in [9.17, 15) is 9.59 Å². The molecule has 0 bridgehead atoms. The first-order valence-corrected chi connectivity index (χ1v) is 10.7. The Labute approximate surface area is 201 Å². The number of halogens is 1. The second-order valence-electron chi connectivity index (χ2n) is 6.94. The maximum Gasteiger partial charge on any atom is 0.324 e. The number of aromatic nitrogens is 3. The first-order chi connectivity index (χ1) is 16.5. The van der Waals surface area contributed by atoms with E-state index in [0.29, 0.717) is 60.5 Å². The van der Waals surface area contributed by atoms with Gasteiger partial charge < -0.3 is 25.7 Å². The number of rotatable bonds is 10. The number of carbonyl (C=O) groups is 2. The number of H-pyrrole nitrogens is 1. The van der Waals surface area contributed by atoms with E-state index in [2.05, 4.69) is 41.1 Å². The Morgan fingerprint density at radius 3 is 2.68 bits per heavy atom. The number of amides is 4. The largest absolute Gasteiger partial charge is 0.491 e. The monoisotopic (exact) mass is 482 g/mol. The molecule has 0 saturated carbocycles. The van der Waals surface area contributed by atoms with E-state index in [4.69, 9.17) is 22.9 Å². The van der Waals surface area contributed by atoms with Crippen LogP contribution in [0.4, 0.5) is 26.8 Å². The highest BCUT2D eigenvalue weighted by molar-refractivity contribution is 6.31. The van der Waals surface area contributed by atoms with Crippen LogP contribution in [0.15, 0.2) is 49.1 Å². The van der Waals surface area contributed by atoms with Gasteiger partial charge in [0.25, 0.3) is 0 Å². The molecule has 5 N–H and O–H groups in total. The van der Waals surface area contributed by atoms with Crippen molar-refractivity contribution >= 4 is 40.9 Å². The van der Waals surface area contributed by atoms with Crippen LogP contribution >= 0.6 is 11.6 Å². The third-order valence-electron chi connectivity index (χ3n) is 4.41. The first-order valence-electron chi connectivity index (χ1n) is 10.4. The molecular formula is C22H23ClN8O3.